The van der Waals surface area contributed by atoms with Gasteiger partial charge in [-0.15, -0.1) is 0 Å². The van der Waals surface area contributed by atoms with E-state index in [1.165, 1.54) is 75.9 Å². The molecule has 3 heteroatoms. The third kappa shape index (κ3) is 11.5. The van der Waals surface area contributed by atoms with Gasteiger partial charge < -0.3 is 0 Å². The van der Waals surface area contributed by atoms with Crippen LogP contribution >= 0.6 is 0 Å². The summed E-state index contributed by atoms with van der Waals surface area (Å²) >= 11 is -2.16. The summed E-state index contributed by atoms with van der Waals surface area (Å²) in [7, 11) is -1.55. The van der Waals surface area contributed by atoms with Gasteiger partial charge in [0.2, 0.25) is 0 Å². The Kier molecular flexibility index (Phi) is 18.6. The van der Waals surface area contributed by atoms with Crippen LogP contribution in [0.25, 0.3) is 0 Å². The topological polar surface area (TPSA) is 9.23 Å². The zero-order chi connectivity index (χ0) is 22.9. The van der Waals surface area contributed by atoms with Crippen LogP contribution in [0.3, 0.4) is 0 Å². The Labute approximate surface area is 197 Å². The van der Waals surface area contributed by atoms with Crippen LogP contribution in [-0.4, -0.2) is 32.8 Å². The van der Waals surface area contributed by atoms with Crippen molar-refractivity contribution in [2.45, 2.75) is 151 Å². The summed E-state index contributed by atoms with van der Waals surface area (Å²) in [5.74, 6) is 0.683. The van der Waals surface area contributed by atoms with E-state index in [1.54, 1.807) is 13.3 Å². The van der Waals surface area contributed by atoms with Gasteiger partial charge in [0.25, 0.3) is 0 Å². The maximum absolute atomic E-state index is 7.07. The average molecular weight is 546 g/mol. The van der Waals surface area contributed by atoms with Crippen molar-refractivity contribution >= 4 is 26.7 Å². The van der Waals surface area contributed by atoms with Crippen molar-refractivity contribution < 1.29 is 4.43 Å². The first-order valence-electron chi connectivity index (χ1n) is 13.8. The van der Waals surface area contributed by atoms with Gasteiger partial charge in [-0.25, -0.2) is 0 Å². The standard InChI is InChI=1S/C15H31OSi.3C4H9.Sn/c1-7-12-14(6)15(13-8-2)16-17(9-3,10-4)11-5;3*1-3-4-2;/h2,8,14-15H,7,9-13H2,1,3-6H3;3*1,3-4H2,2H3;. The molecule has 0 aromatic rings. The summed E-state index contributed by atoms with van der Waals surface area (Å²) in [6.45, 7) is 19.0. The van der Waals surface area contributed by atoms with Crippen molar-refractivity contribution in [3.8, 4) is 0 Å². The number of hydrogen-bond acceptors (Lipinski definition) is 1. The number of hydrogen-bond donors (Lipinski definition) is 0. The first-order valence-corrected chi connectivity index (χ1v) is 24.0. The second-order valence-corrected chi connectivity index (χ2v) is 27.7. The third-order valence-electron chi connectivity index (χ3n) is 7.64. The quantitative estimate of drug-likeness (QED) is 0.138. The summed E-state index contributed by atoms with van der Waals surface area (Å²) in [4.78, 5) is 0. The van der Waals surface area contributed by atoms with Crippen LogP contribution < -0.4 is 0 Å². The van der Waals surface area contributed by atoms with Crippen molar-refractivity contribution in [2.24, 2.45) is 5.92 Å². The summed E-state index contributed by atoms with van der Waals surface area (Å²) in [6, 6.07) is 3.81. The molecule has 0 rings (SSSR count). The zero-order valence-electron chi connectivity index (χ0n) is 22.3. The van der Waals surface area contributed by atoms with E-state index in [9.17, 15) is 0 Å². The van der Waals surface area contributed by atoms with Crippen LogP contribution in [0.1, 0.15) is 113 Å². The summed E-state index contributed by atoms with van der Waals surface area (Å²) in [5, 5.41) is 0. The van der Waals surface area contributed by atoms with Crippen molar-refractivity contribution in [2.75, 3.05) is 0 Å². The van der Waals surface area contributed by atoms with E-state index in [-0.39, 0.29) is 0 Å². The second kappa shape index (κ2) is 18.2. The third-order valence-corrected chi connectivity index (χ3v) is 26.6. The first-order chi connectivity index (χ1) is 14.4. The van der Waals surface area contributed by atoms with Crippen LogP contribution in [0.15, 0.2) is 10.2 Å². The van der Waals surface area contributed by atoms with Crippen molar-refractivity contribution in [1.29, 1.82) is 0 Å². The van der Waals surface area contributed by atoms with Gasteiger partial charge in [-0.2, -0.15) is 0 Å². The van der Waals surface area contributed by atoms with Gasteiger partial charge in [0.15, 0.2) is 0 Å². The summed E-state index contributed by atoms with van der Waals surface area (Å²) in [6.07, 6.45) is 15.3. The average Bonchev–Trinajstić information content (AvgIpc) is 2.77. The van der Waals surface area contributed by atoms with Crippen molar-refractivity contribution in [3.63, 3.8) is 0 Å². The van der Waals surface area contributed by atoms with E-state index in [1.807, 2.05) is 0 Å². The molecule has 1 nitrogen and oxygen atoms in total. The fourth-order valence-electron chi connectivity index (χ4n) is 5.02. The van der Waals surface area contributed by atoms with E-state index in [4.69, 9.17) is 4.43 Å². The fourth-order valence-corrected chi connectivity index (χ4v) is 22.4. The molecule has 0 aliphatic carbocycles. The van der Waals surface area contributed by atoms with E-state index in [0.717, 1.165) is 0 Å². The van der Waals surface area contributed by atoms with E-state index in [0.29, 0.717) is 12.0 Å². The molecule has 2 unspecified atom stereocenters. The maximum atomic E-state index is 7.07. The molecule has 0 aromatic heterocycles. The van der Waals surface area contributed by atoms with E-state index >= 15 is 0 Å². The van der Waals surface area contributed by atoms with Gasteiger partial charge in [-0.05, 0) is 0 Å². The summed E-state index contributed by atoms with van der Waals surface area (Å²) < 4.78 is 14.7. The molecular weight excluding hydrogens is 487 g/mol. The van der Waals surface area contributed by atoms with Crippen molar-refractivity contribution in [3.05, 3.63) is 10.2 Å². The van der Waals surface area contributed by atoms with E-state index < -0.39 is 26.7 Å². The molecule has 0 saturated carbocycles. The minimum absolute atomic E-state index is 0.445. The molecule has 0 radical (unpaired) electrons. The summed E-state index contributed by atoms with van der Waals surface area (Å²) in [5.41, 5.74) is 0. The Morgan fingerprint density at radius 1 is 0.733 bits per heavy atom. The molecule has 0 saturated heterocycles. The molecule has 0 aromatic carbocycles. The fraction of sp³-hybridized carbons (Fsp3) is 0.926. The zero-order valence-corrected chi connectivity index (χ0v) is 26.2. The van der Waals surface area contributed by atoms with Gasteiger partial charge in [0, 0.05) is 0 Å². The Balaban J connectivity index is 5.53. The molecule has 0 N–H and O–H groups in total. The van der Waals surface area contributed by atoms with Crippen LogP contribution in [-0.2, 0) is 4.43 Å². The SMILES string of the molecule is CCC[CH2][Sn](/[CH]=C/CC(O[Si](CC)(CC)CC)C(C)CCC)([CH2]CCC)[CH2]CCC. The van der Waals surface area contributed by atoms with Gasteiger partial charge in [0.05, 0.1) is 0 Å². The molecule has 0 fully saturated rings. The molecule has 0 amide bonds. The molecule has 0 bridgehead atoms. The van der Waals surface area contributed by atoms with Gasteiger partial charge in [-0.3, -0.25) is 0 Å². The van der Waals surface area contributed by atoms with Gasteiger partial charge in [-0.1, -0.05) is 0 Å². The van der Waals surface area contributed by atoms with Gasteiger partial charge >= 0.3 is 198 Å². The Morgan fingerprint density at radius 2 is 1.20 bits per heavy atom. The predicted molar refractivity (Wildman–Crippen MR) is 145 cm³/mol. The number of unbranched alkanes of at least 4 members (excludes halogenated alkanes) is 3. The molecule has 30 heavy (non-hydrogen) atoms. The van der Waals surface area contributed by atoms with Crippen LogP contribution in [0.5, 0.6) is 0 Å². The predicted octanol–water partition coefficient (Wildman–Crippen LogP) is 10.1. The van der Waals surface area contributed by atoms with E-state index in [2.05, 4.69) is 65.6 Å². The van der Waals surface area contributed by atoms with Gasteiger partial charge in [0.1, 0.15) is 0 Å². The molecule has 2 atom stereocenters. The Hall–Kier alpha value is 0.716. The monoisotopic (exact) mass is 546 g/mol. The second-order valence-electron chi connectivity index (χ2n) is 9.98. The molecule has 180 valence electrons. The Bertz CT molecular complexity index is 389. The van der Waals surface area contributed by atoms with Crippen LogP contribution in [0.2, 0.25) is 31.4 Å². The number of rotatable bonds is 20. The van der Waals surface area contributed by atoms with Crippen molar-refractivity contribution in [1.82, 2.24) is 0 Å². The molecule has 0 aliphatic rings. The van der Waals surface area contributed by atoms with Crippen LogP contribution in [0, 0.1) is 5.92 Å². The molecule has 0 aliphatic heterocycles. The first kappa shape index (κ1) is 30.7. The Morgan fingerprint density at radius 3 is 1.57 bits per heavy atom. The molecular formula is C27H58OSiSn. The normalized spacial score (nSPS) is 15.1. The van der Waals surface area contributed by atoms with Crippen LogP contribution in [0.4, 0.5) is 0 Å². The molecule has 0 spiro atoms. The minimum atomic E-state index is -2.16. The molecule has 0 heterocycles.